The Labute approximate surface area is 75.4 Å². The minimum atomic E-state index is -4.29. The summed E-state index contributed by atoms with van der Waals surface area (Å²) in [5.74, 6) is -0.607. The molecule has 68 valence electrons. The number of nitrogens with zero attached hydrogens (tertiary/aromatic N) is 2. The van der Waals surface area contributed by atoms with Gasteiger partial charge in [-0.1, -0.05) is 0 Å². The molecule has 0 N–H and O–H groups in total. The van der Waals surface area contributed by atoms with Crippen LogP contribution < -0.4 is 0 Å². The molecule has 0 amide bonds. The molecule has 0 bridgehead atoms. The molecule has 1 aromatic rings. The SMILES string of the molecule is N#Cc1cc(CS(=O)(=O)[O-])ccn1. The monoisotopic (exact) mass is 197 g/mol. The second kappa shape index (κ2) is 3.51. The van der Waals surface area contributed by atoms with Gasteiger partial charge >= 0.3 is 0 Å². The van der Waals surface area contributed by atoms with E-state index in [0.717, 1.165) is 0 Å². The van der Waals surface area contributed by atoms with E-state index in [9.17, 15) is 13.0 Å². The average Bonchev–Trinajstić information content (AvgIpc) is 2.01. The van der Waals surface area contributed by atoms with Crippen molar-refractivity contribution in [3.63, 3.8) is 0 Å². The molecule has 0 saturated carbocycles. The van der Waals surface area contributed by atoms with Crippen LogP contribution in [0.15, 0.2) is 18.3 Å². The Hall–Kier alpha value is -1.45. The van der Waals surface area contributed by atoms with E-state index in [-0.39, 0.29) is 11.3 Å². The Bertz CT molecular complexity index is 447. The van der Waals surface area contributed by atoms with Crippen molar-refractivity contribution in [3.05, 3.63) is 29.6 Å². The zero-order valence-corrected chi connectivity index (χ0v) is 7.28. The third-order valence-corrected chi connectivity index (χ3v) is 1.97. The molecular formula is C7H5N2O3S-. The van der Waals surface area contributed by atoms with E-state index in [4.69, 9.17) is 5.26 Å². The summed E-state index contributed by atoms with van der Waals surface area (Å²) in [6.07, 6.45) is 1.29. The van der Waals surface area contributed by atoms with Crippen molar-refractivity contribution >= 4 is 10.1 Å². The molecule has 0 aromatic carbocycles. The van der Waals surface area contributed by atoms with Crippen LogP contribution in [0.5, 0.6) is 0 Å². The molecule has 1 rings (SSSR count). The first-order chi connectivity index (χ1) is 6.01. The van der Waals surface area contributed by atoms with Crippen LogP contribution >= 0.6 is 0 Å². The van der Waals surface area contributed by atoms with E-state index in [1.54, 1.807) is 6.07 Å². The first kappa shape index (κ1) is 9.64. The molecule has 0 aliphatic carbocycles. The van der Waals surface area contributed by atoms with Crippen LogP contribution in [0.4, 0.5) is 0 Å². The standard InChI is InChI=1S/C7H6N2O3S/c8-4-7-3-6(1-2-9-7)5-13(10,11)12/h1-3H,5H2,(H,10,11,12)/p-1. The maximum atomic E-state index is 10.3. The molecule has 0 atom stereocenters. The summed E-state index contributed by atoms with van der Waals surface area (Å²) < 4.78 is 31.0. The fourth-order valence-electron chi connectivity index (χ4n) is 0.829. The van der Waals surface area contributed by atoms with Crippen LogP contribution in [0.25, 0.3) is 0 Å². The highest BCUT2D eigenvalue weighted by Gasteiger charge is 2.00. The molecule has 0 radical (unpaired) electrons. The Kier molecular flexibility index (Phi) is 2.60. The second-order valence-corrected chi connectivity index (χ2v) is 3.77. The number of hydrogen-bond donors (Lipinski definition) is 0. The quantitative estimate of drug-likeness (QED) is 0.622. The van der Waals surface area contributed by atoms with E-state index >= 15 is 0 Å². The minimum Gasteiger partial charge on any atom is -0.748 e. The maximum absolute atomic E-state index is 10.3. The van der Waals surface area contributed by atoms with Gasteiger partial charge in [0.05, 0.1) is 15.9 Å². The van der Waals surface area contributed by atoms with Gasteiger partial charge in [-0.15, -0.1) is 0 Å². The lowest BCUT2D eigenvalue weighted by Gasteiger charge is -2.05. The summed E-state index contributed by atoms with van der Waals surface area (Å²) in [5.41, 5.74) is 0.378. The van der Waals surface area contributed by atoms with Crippen molar-refractivity contribution in [3.8, 4) is 6.07 Å². The predicted molar refractivity (Wildman–Crippen MR) is 42.4 cm³/mol. The van der Waals surface area contributed by atoms with E-state index in [1.165, 1.54) is 18.3 Å². The molecule has 13 heavy (non-hydrogen) atoms. The topological polar surface area (TPSA) is 93.9 Å². The van der Waals surface area contributed by atoms with Crippen LogP contribution in [0.1, 0.15) is 11.3 Å². The minimum absolute atomic E-state index is 0.0983. The predicted octanol–water partition coefficient (Wildman–Crippen LogP) is -0.00152. The van der Waals surface area contributed by atoms with Crippen molar-refractivity contribution in [1.82, 2.24) is 4.98 Å². The summed E-state index contributed by atoms with van der Waals surface area (Å²) in [4.78, 5) is 3.63. The lowest BCUT2D eigenvalue weighted by atomic mass is 10.2. The van der Waals surface area contributed by atoms with Crippen molar-refractivity contribution in [2.24, 2.45) is 0 Å². The molecular weight excluding hydrogens is 192 g/mol. The van der Waals surface area contributed by atoms with Gasteiger partial charge < -0.3 is 4.55 Å². The first-order valence-electron chi connectivity index (χ1n) is 3.30. The third kappa shape index (κ3) is 3.19. The van der Waals surface area contributed by atoms with Crippen LogP contribution in [0.3, 0.4) is 0 Å². The smallest absolute Gasteiger partial charge is 0.140 e. The van der Waals surface area contributed by atoms with E-state index < -0.39 is 15.9 Å². The third-order valence-electron chi connectivity index (χ3n) is 1.28. The molecule has 0 saturated heterocycles. The lowest BCUT2D eigenvalue weighted by Crippen LogP contribution is -2.02. The van der Waals surface area contributed by atoms with Crippen molar-refractivity contribution < 1.29 is 13.0 Å². The average molecular weight is 197 g/mol. The molecule has 1 heterocycles. The zero-order valence-electron chi connectivity index (χ0n) is 6.47. The lowest BCUT2D eigenvalue weighted by molar-refractivity contribution is 0.462. The molecule has 1 aromatic heterocycles. The highest BCUT2D eigenvalue weighted by atomic mass is 32.2. The van der Waals surface area contributed by atoms with Gasteiger partial charge in [0, 0.05) is 6.20 Å². The summed E-state index contributed by atoms with van der Waals surface area (Å²) in [6, 6.07) is 4.40. The summed E-state index contributed by atoms with van der Waals surface area (Å²) in [6.45, 7) is 0. The highest BCUT2D eigenvalue weighted by molar-refractivity contribution is 7.84. The van der Waals surface area contributed by atoms with Gasteiger partial charge in [0.25, 0.3) is 0 Å². The van der Waals surface area contributed by atoms with Gasteiger partial charge in [0.2, 0.25) is 0 Å². The number of pyridine rings is 1. The zero-order chi connectivity index (χ0) is 9.90. The second-order valence-electron chi connectivity index (χ2n) is 2.36. The normalized spacial score (nSPS) is 10.8. The fraction of sp³-hybridized carbons (Fsp3) is 0.143. The number of hydrogen-bond acceptors (Lipinski definition) is 5. The molecule has 0 spiro atoms. The molecule has 0 unspecified atom stereocenters. The van der Waals surface area contributed by atoms with Crippen LogP contribution in [-0.2, 0) is 15.9 Å². The Morgan fingerprint density at radius 3 is 2.85 bits per heavy atom. The fourth-order valence-corrected chi connectivity index (χ4v) is 1.42. The van der Waals surface area contributed by atoms with Gasteiger partial charge in [-0.3, -0.25) is 0 Å². The van der Waals surface area contributed by atoms with Gasteiger partial charge in [0.15, 0.2) is 0 Å². The molecule has 6 heteroatoms. The maximum Gasteiger partial charge on any atom is 0.140 e. The highest BCUT2D eigenvalue weighted by Crippen LogP contribution is 2.04. The molecule has 0 aliphatic rings. The summed E-state index contributed by atoms with van der Waals surface area (Å²) in [7, 11) is -4.29. The number of aromatic nitrogens is 1. The Balaban J connectivity index is 2.99. The number of rotatable bonds is 2. The molecule has 0 aliphatic heterocycles. The van der Waals surface area contributed by atoms with Crippen molar-refractivity contribution in [2.45, 2.75) is 5.75 Å². The van der Waals surface area contributed by atoms with Gasteiger partial charge in [0.1, 0.15) is 11.8 Å². The van der Waals surface area contributed by atoms with Gasteiger partial charge in [-0.05, 0) is 17.7 Å². The summed E-state index contributed by atoms with van der Waals surface area (Å²) >= 11 is 0. The van der Waals surface area contributed by atoms with Crippen LogP contribution in [0, 0.1) is 11.3 Å². The Morgan fingerprint density at radius 1 is 1.62 bits per heavy atom. The van der Waals surface area contributed by atoms with Crippen LogP contribution in [-0.4, -0.2) is 18.0 Å². The van der Waals surface area contributed by atoms with E-state index in [0.29, 0.717) is 0 Å². The largest absolute Gasteiger partial charge is 0.748 e. The number of nitriles is 1. The van der Waals surface area contributed by atoms with Gasteiger partial charge in [-0.25, -0.2) is 13.4 Å². The molecule has 5 nitrogen and oxygen atoms in total. The molecule has 0 fully saturated rings. The van der Waals surface area contributed by atoms with E-state index in [2.05, 4.69) is 4.98 Å². The van der Waals surface area contributed by atoms with Crippen molar-refractivity contribution in [1.29, 1.82) is 5.26 Å². The summed E-state index contributed by atoms with van der Waals surface area (Å²) in [5, 5.41) is 8.42. The van der Waals surface area contributed by atoms with Crippen molar-refractivity contribution in [2.75, 3.05) is 0 Å². The van der Waals surface area contributed by atoms with Crippen LogP contribution in [0.2, 0.25) is 0 Å². The first-order valence-corrected chi connectivity index (χ1v) is 4.87. The Morgan fingerprint density at radius 2 is 2.31 bits per heavy atom. The van der Waals surface area contributed by atoms with E-state index in [1.807, 2.05) is 0 Å². The van der Waals surface area contributed by atoms with Gasteiger partial charge in [-0.2, -0.15) is 5.26 Å².